The summed E-state index contributed by atoms with van der Waals surface area (Å²) in [6, 6.07) is 15.9. The van der Waals surface area contributed by atoms with Crippen LogP contribution in [-0.4, -0.2) is 45.8 Å². The lowest BCUT2D eigenvalue weighted by molar-refractivity contribution is 0.122. The van der Waals surface area contributed by atoms with Gasteiger partial charge in [0.15, 0.2) is 11.6 Å². The van der Waals surface area contributed by atoms with E-state index in [-0.39, 0.29) is 5.82 Å². The van der Waals surface area contributed by atoms with Crippen LogP contribution in [0.15, 0.2) is 54.6 Å². The summed E-state index contributed by atoms with van der Waals surface area (Å²) < 4.78 is 34.7. The second-order valence-electron chi connectivity index (χ2n) is 7.22. The summed E-state index contributed by atoms with van der Waals surface area (Å²) in [7, 11) is 0. The molecule has 5 rings (SSSR count). The second-order valence-corrected chi connectivity index (χ2v) is 7.22. The molecule has 0 saturated carbocycles. The zero-order chi connectivity index (χ0) is 21.4. The van der Waals surface area contributed by atoms with Crippen molar-refractivity contribution in [3.05, 3.63) is 60.4 Å². The lowest BCUT2D eigenvalue weighted by Gasteiger charge is -2.28. The average molecular weight is 422 g/mol. The van der Waals surface area contributed by atoms with Crippen molar-refractivity contribution in [3.8, 4) is 17.2 Å². The number of ether oxygens (including phenoxy) is 1. The Morgan fingerprint density at radius 1 is 0.903 bits per heavy atom. The van der Waals surface area contributed by atoms with Crippen molar-refractivity contribution in [2.45, 2.75) is 6.43 Å². The zero-order valence-electron chi connectivity index (χ0n) is 16.6. The van der Waals surface area contributed by atoms with Gasteiger partial charge in [0.1, 0.15) is 11.6 Å². The van der Waals surface area contributed by atoms with E-state index in [1.807, 2.05) is 12.1 Å². The van der Waals surface area contributed by atoms with Gasteiger partial charge in [-0.3, -0.25) is 4.57 Å². The maximum Gasteiger partial charge on any atom is 0.296 e. The molecule has 0 amide bonds. The van der Waals surface area contributed by atoms with Crippen molar-refractivity contribution in [2.75, 3.05) is 36.9 Å². The van der Waals surface area contributed by atoms with E-state index in [4.69, 9.17) is 15.5 Å². The summed E-state index contributed by atoms with van der Waals surface area (Å²) >= 11 is 0. The van der Waals surface area contributed by atoms with Crippen LogP contribution in [0.5, 0.6) is 0 Å². The number of anilines is 2. The molecule has 1 saturated heterocycles. The number of halogens is 2. The normalized spacial score (nSPS) is 14.5. The highest BCUT2D eigenvalue weighted by atomic mass is 19.3. The third-order valence-electron chi connectivity index (χ3n) is 5.21. The van der Waals surface area contributed by atoms with Gasteiger partial charge in [0.2, 0.25) is 0 Å². The Hall–Kier alpha value is -3.59. The van der Waals surface area contributed by atoms with Crippen LogP contribution in [0, 0.1) is 0 Å². The minimum Gasteiger partial charge on any atom is -0.399 e. The number of imidazole rings is 1. The number of aromatic nitrogens is 4. The molecule has 9 heteroatoms. The van der Waals surface area contributed by atoms with E-state index in [1.54, 1.807) is 42.5 Å². The number of para-hydroxylation sites is 2. The van der Waals surface area contributed by atoms with Crippen LogP contribution >= 0.6 is 0 Å². The highest BCUT2D eigenvalue weighted by molar-refractivity contribution is 5.78. The minimum absolute atomic E-state index is 0.340. The molecule has 0 unspecified atom stereocenters. The van der Waals surface area contributed by atoms with Crippen LogP contribution in [0.4, 0.5) is 20.3 Å². The van der Waals surface area contributed by atoms with Gasteiger partial charge in [-0.2, -0.15) is 0 Å². The van der Waals surface area contributed by atoms with E-state index in [0.29, 0.717) is 60.5 Å². The first-order chi connectivity index (χ1) is 15.1. The number of nitrogens with two attached hydrogens (primary N) is 1. The van der Waals surface area contributed by atoms with Crippen molar-refractivity contribution >= 4 is 22.5 Å². The highest BCUT2D eigenvalue weighted by Crippen LogP contribution is 2.30. The van der Waals surface area contributed by atoms with Crippen LogP contribution < -0.4 is 10.6 Å². The molecule has 0 spiro atoms. The van der Waals surface area contributed by atoms with Gasteiger partial charge >= 0.3 is 0 Å². The van der Waals surface area contributed by atoms with Gasteiger partial charge < -0.3 is 15.4 Å². The molecule has 7 nitrogen and oxygen atoms in total. The number of fused-ring (bicyclic) bond motifs is 1. The molecule has 1 aliphatic rings. The van der Waals surface area contributed by atoms with Crippen molar-refractivity contribution in [3.63, 3.8) is 0 Å². The Bertz CT molecular complexity index is 1220. The number of nitrogen functional groups attached to an aromatic ring is 1. The summed E-state index contributed by atoms with van der Waals surface area (Å²) in [6.07, 6.45) is -2.76. The number of benzene rings is 2. The number of rotatable bonds is 4. The molecule has 158 valence electrons. The number of hydrogen-bond acceptors (Lipinski definition) is 6. The van der Waals surface area contributed by atoms with Gasteiger partial charge in [-0.25, -0.2) is 23.7 Å². The first-order valence-electron chi connectivity index (χ1n) is 9.94. The van der Waals surface area contributed by atoms with Gasteiger partial charge in [0, 0.05) is 30.4 Å². The fraction of sp³-hybridized carbons (Fsp3) is 0.227. The Labute approximate surface area is 177 Å². The summed E-state index contributed by atoms with van der Waals surface area (Å²) in [5, 5.41) is 0. The molecule has 2 aromatic carbocycles. The molecule has 4 aromatic rings. The summed E-state index contributed by atoms with van der Waals surface area (Å²) in [5.41, 5.74) is 8.23. The lowest BCUT2D eigenvalue weighted by atomic mass is 10.2. The third kappa shape index (κ3) is 3.68. The fourth-order valence-corrected chi connectivity index (χ4v) is 3.68. The molecule has 3 heterocycles. The Kier molecular flexibility index (Phi) is 4.95. The van der Waals surface area contributed by atoms with Crippen molar-refractivity contribution in [1.82, 2.24) is 19.5 Å². The maximum atomic E-state index is 13.9. The van der Waals surface area contributed by atoms with Crippen LogP contribution in [0.2, 0.25) is 0 Å². The molecule has 1 aliphatic heterocycles. The SMILES string of the molecule is Nc1ccc(-c2nc(N3CCOCC3)cc(-n3c(C(F)F)nc4ccccc43)n2)cc1. The Balaban J connectivity index is 1.73. The standard InChI is InChI=1S/C22H20F2N6O/c23-20(24)22-26-16-3-1-2-4-17(16)30(22)19-13-18(29-9-11-31-12-10-29)27-21(28-19)14-5-7-15(25)8-6-14/h1-8,13,20H,9-12,25H2. The van der Waals surface area contributed by atoms with E-state index in [0.717, 1.165) is 5.56 Å². The van der Waals surface area contributed by atoms with Gasteiger partial charge in [0.25, 0.3) is 6.43 Å². The molecule has 2 aromatic heterocycles. The first kappa shape index (κ1) is 19.4. The lowest BCUT2D eigenvalue weighted by Crippen LogP contribution is -2.37. The molecule has 31 heavy (non-hydrogen) atoms. The smallest absolute Gasteiger partial charge is 0.296 e. The number of hydrogen-bond donors (Lipinski definition) is 1. The number of morpholine rings is 1. The largest absolute Gasteiger partial charge is 0.399 e. The van der Waals surface area contributed by atoms with Crippen LogP contribution in [0.1, 0.15) is 12.2 Å². The first-order valence-corrected chi connectivity index (χ1v) is 9.94. The molecule has 0 radical (unpaired) electrons. The second kappa shape index (κ2) is 7.92. The van der Waals surface area contributed by atoms with Gasteiger partial charge in [-0.1, -0.05) is 12.1 Å². The van der Waals surface area contributed by atoms with E-state index in [9.17, 15) is 8.78 Å². The molecule has 0 aliphatic carbocycles. The molecular formula is C22H20F2N6O. The van der Waals surface area contributed by atoms with Crippen LogP contribution in [-0.2, 0) is 4.74 Å². The molecule has 1 fully saturated rings. The van der Waals surface area contributed by atoms with Crippen molar-refractivity contribution < 1.29 is 13.5 Å². The predicted octanol–water partition coefficient (Wildman–Crippen LogP) is 3.84. The average Bonchev–Trinajstić information content (AvgIpc) is 3.20. The molecule has 0 bridgehead atoms. The molecular weight excluding hydrogens is 402 g/mol. The van der Waals surface area contributed by atoms with Crippen molar-refractivity contribution in [1.29, 1.82) is 0 Å². The summed E-state index contributed by atoms with van der Waals surface area (Å²) in [6.45, 7) is 2.47. The predicted molar refractivity (Wildman–Crippen MR) is 114 cm³/mol. The van der Waals surface area contributed by atoms with E-state index in [2.05, 4.69) is 14.9 Å². The quantitative estimate of drug-likeness (QED) is 0.503. The fourth-order valence-electron chi connectivity index (χ4n) is 3.68. The minimum atomic E-state index is -2.76. The summed E-state index contributed by atoms with van der Waals surface area (Å²) in [5.74, 6) is 1.07. The van der Waals surface area contributed by atoms with E-state index in [1.165, 1.54) is 4.57 Å². The van der Waals surface area contributed by atoms with Crippen molar-refractivity contribution in [2.24, 2.45) is 0 Å². The zero-order valence-corrected chi connectivity index (χ0v) is 16.6. The van der Waals surface area contributed by atoms with E-state index >= 15 is 0 Å². The van der Waals surface area contributed by atoms with Gasteiger partial charge in [-0.15, -0.1) is 0 Å². The molecule has 2 N–H and O–H groups in total. The number of nitrogens with zero attached hydrogens (tertiary/aromatic N) is 5. The third-order valence-corrected chi connectivity index (χ3v) is 5.21. The van der Waals surface area contributed by atoms with Gasteiger partial charge in [0.05, 0.1) is 24.2 Å². The Morgan fingerprint density at radius 3 is 2.35 bits per heavy atom. The molecule has 0 atom stereocenters. The van der Waals surface area contributed by atoms with Crippen LogP contribution in [0.3, 0.4) is 0 Å². The maximum absolute atomic E-state index is 13.9. The Morgan fingerprint density at radius 2 is 1.61 bits per heavy atom. The monoisotopic (exact) mass is 422 g/mol. The van der Waals surface area contributed by atoms with Gasteiger partial charge in [-0.05, 0) is 36.4 Å². The highest BCUT2D eigenvalue weighted by Gasteiger charge is 2.23. The van der Waals surface area contributed by atoms with Crippen LogP contribution in [0.25, 0.3) is 28.2 Å². The van der Waals surface area contributed by atoms with E-state index < -0.39 is 6.43 Å². The number of alkyl halides is 2. The summed E-state index contributed by atoms with van der Waals surface area (Å²) in [4.78, 5) is 15.6. The topological polar surface area (TPSA) is 82.1 Å².